The van der Waals surface area contributed by atoms with Crippen molar-refractivity contribution in [2.75, 3.05) is 11.9 Å². The summed E-state index contributed by atoms with van der Waals surface area (Å²) in [6, 6.07) is 6.24. The molecule has 10 heteroatoms. The Morgan fingerprint density at radius 1 is 1.40 bits per heavy atom. The number of thioether (sulfide) groups is 1. The molecule has 1 aliphatic rings. The molecule has 2 rings (SSSR count). The van der Waals surface area contributed by atoms with Crippen LogP contribution in [-0.4, -0.2) is 40.8 Å². The third kappa shape index (κ3) is 5.31. The van der Waals surface area contributed by atoms with Crippen LogP contribution >= 0.6 is 11.8 Å². The highest BCUT2D eigenvalue weighted by Gasteiger charge is 2.32. The van der Waals surface area contributed by atoms with Crippen LogP contribution in [-0.2, 0) is 14.3 Å². The van der Waals surface area contributed by atoms with Crippen LogP contribution in [0, 0.1) is 5.41 Å². The molecule has 1 fully saturated rings. The minimum absolute atomic E-state index is 0.0624. The Hall–Kier alpha value is -2.88. The number of esters is 1. The predicted molar refractivity (Wildman–Crippen MR) is 94.5 cm³/mol. The first-order valence-electron chi connectivity index (χ1n) is 7.36. The van der Waals surface area contributed by atoms with Gasteiger partial charge in [0, 0.05) is 12.1 Å². The van der Waals surface area contributed by atoms with Gasteiger partial charge in [-0.05, 0) is 31.2 Å². The minimum Gasteiger partial charge on any atom is -0.462 e. The van der Waals surface area contributed by atoms with Gasteiger partial charge in [0.2, 0.25) is 17.8 Å². The lowest BCUT2D eigenvalue weighted by Gasteiger charge is -2.08. The van der Waals surface area contributed by atoms with E-state index in [0.717, 1.165) is 11.8 Å². The van der Waals surface area contributed by atoms with E-state index in [1.165, 1.54) is 0 Å². The topological polar surface area (TPSA) is 147 Å². The average Bonchev–Trinajstić information content (AvgIpc) is 2.86. The summed E-state index contributed by atoms with van der Waals surface area (Å²) in [6.45, 7) is 2.00. The summed E-state index contributed by atoms with van der Waals surface area (Å²) in [5.74, 6) is -1.58. The van der Waals surface area contributed by atoms with E-state index in [2.05, 4.69) is 15.6 Å². The van der Waals surface area contributed by atoms with E-state index in [1.54, 1.807) is 31.2 Å². The van der Waals surface area contributed by atoms with Crippen LogP contribution in [0.1, 0.15) is 23.7 Å². The van der Waals surface area contributed by atoms with Crippen LogP contribution < -0.4 is 16.4 Å². The molecule has 0 saturated carbocycles. The summed E-state index contributed by atoms with van der Waals surface area (Å²) in [7, 11) is 0. The van der Waals surface area contributed by atoms with Crippen molar-refractivity contribution in [2.45, 2.75) is 18.6 Å². The summed E-state index contributed by atoms with van der Waals surface area (Å²) in [6.07, 6.45) is -0.0624. The summed E-state index contributed by atoms with van der Waals surface area (Å²) >= 11 is 1.04. The second kappa shape index (κ2) is 8.29. The number of amidine groups is 1. The van der Waals surface area contributed by atoms with Gasteiger partial charge in [0.05, 0.1) is 12.2 Å². The van der Waals surface area contributed by atoms with Crippen LogP contribution in [0.5, 0.6) is 0 Å². The maximum atomic E-state index is 12.1. The third-order valence-corrected chi connectivity index (χ3v) is 4.13. The number of ether oxygens (including phenoxy) is 1. The zero-order valence-electron chi connectivity index (χ0n) is 13.4. The number of benzene rings is 1. The molecule has 1 aliphatic heterocycles. The van der Waals surface area contributed by atoms with E-state index < -0.39 is 17.2 Å². The Labute approximate surface area is 147 Å². The van der Waals surface area contributed by atoms with Crippen molar-refractivity contribution in [2.24, 2.45) is 10.7 Å². The van der Waals surface area contributed by atoms with Crippen LogP contribution in [0.3, 0.4) is 0 Å². The van der Waals surface area contributed by atoms with Gasteiger partial charge in [-0.3, -0.25) is 15.0 Å². The Morgan fingerprint density at radius 3 is 2.68 bits per heavy atom. The normalized spacial score (nSPS) is 17.9. The number of anilines is 1. The number of guanidine groups is 1. The molecular weight excluding hydrogens is 346 g/mol. The zero-order chi connectivity index (χ0) is 18.4. The van der Waals surface area contributed by atoms with Crippen molar-refractivity contribution in [1.82, 2.24) is 5.32 Å². The van der Waals surface area contributed by atoms with Gasteiger partial charge in [0.1, 0.15) is 5.25 Å². The minimum atomic E-state index is -0.642. The Morgan fingerprint density at radius 2 is 2.08 bits per heavy atom. The summed E-state index contributed by atoms with van der Waals surface area (Å²) < 4.78 is 4.88. The second-order valence-electron chi connectivity index (χ2n) is 4.95. The summed E-state index contributed by atoms with van der Waals surface area (Å²) in [5, 5.41) is 11.7. The van der Waals surface area contributed by atoms with Crippen molar-refractivity contribution < 1.29 is 19.1 Å². The molecular formula is C15H17N5O4S. The lowest BCUT2D eigenvalue weighted by Crippen LogP contribution is -2.28. The van der Waals surface area contributed by atoms with E-state index in [9.17, 15) is 14.4 Å². The number of nitrogens with one attached hydrogen (secondary N) is 3. The average molecular weight is 363 g/mol. The van der Waals surface area contributed by atoms with Crippen molar-refractivity contribution in [3.8, 4) is 0 Å². The van der Waals surface area contributed by atoms with Crippen molar-refractivity contribution in [3.63, 3.8) is 0 Å². The molecule has 25 heavy (non-hydrogen) atoms. The lowest BCUT2D eigenvalue weighted by atomic mass is 10.2. The quantitative estimate of drug-likeness (QED) is 0.343. The van der Waals surface area contributed by atoms with E-state index in [0.29, 0.717) is 11.3 Å². The number of nitrogens with zero attached hydrogens (tertiary/aromatic N) is 1. The Balaban J connectivity index is 1.91. The molecule has 0 aliphatic carbocycles. The maximum absolute atomic E-state index is 12.1. The van der Waals surface area contributed by atoms with E-state index in [1.807, 2.05) is 0 Å². The molecule has 0 radical (unpaired) electrons. The highest BCUT2D eigenvalue weighted by molar-refractivity contribution is 8.15. The van der Waals surface area contributed by atoms with Gasteiger partial charge in [0.25, 0.3) is 0 Å². The zero-order valence-corrected chi connectivity index (χ0v) is 14.2. The monoisotopic (exact) mass is 363 g/mol. The highest BCUT2D eigenvalue weighted by Crippen LogP contribution is 2.23. The summed E-state index contributed by atoms with van der Waals surface area (Å²) in [4.78, 5) is 39.0. The molecule has 1 heterocycles. The second-order valence-corrected chi connectivity index (χ2v) is 6.14. The standard InChI is InChI=1S/C15H17N5O4S/c1-2-24-13(23)8-3-5-9(6-4-8)18-11(21)7-10-12(22)19-15(25-10)20-14(16)17/h3-6,10H,2,7H2,1H3,(H,18,21)(H4,16,17,19,20,22). The van der Waals surface area contributed by atoms with Crippen LogP contribution in [0.15, 0.2) is 29.3 Å². The number of amides is 2. The first-order valence-corrected chi connectivity index (χ1v) is 8.24. The Bertz CT molecular complexity index is 732. The molecule has 0 aromatic heterocycles. The molecule has 1 aromatic carbocycles. The molecule has 1 saturated heterocycles. The molecule has 5 N–H and O–H groups in total. The number of carbonyl (C=O) groups is 3. The van der Waals surface area contributed by atoms with Gasteiger partial charge < -0.3 is 21.1 Å². The highest BCUT2D eigenvalue weighted by atomic mass is 32.2. The molecule has 1 atom stereocenters. The number of rotatable bonds is 5. The SMILES string of the molecule is CCOC(=O)c1ccc(NC(=O)CC2SC(=NC(=N)N)NC2=O)cc1. The lowest BCUT2D eigenvalue weighted by molar-refractivity contribution is -0.122. The molecule has 0 bridgehead atoms. The summed E-state index contributed by atoms with van der Waals surface area (Å²) in [5.41, 5.74) is 6.02. The molecule has 1 unspecified atom stereocenters. The van der Waals surface area contributed by atoms with Gasteiger partial charge in [0.15, 0.2) is 5.17 Å². The number of hydrogen-bond acceptors (Lipinski definition) is 6. The molecule has 2 amide bonds. The van der Waals surface area contributed by atoms with Gasteiger partial charge in [-0.15, -0.1) is 0 Å². The van der Waals surface area contributed by atoms with Crippen LogP contribution in [0.4, 0.5) is 5.69 Å². The van der Waals surface area contributed by atoms with Crippen molar-refractivity contribution in [1.29, 1.82) is 5.41 Å². The fourth-order valence-corrected chi connectivity index (χ4v) is 2.97. The van der Waals surface area contributed by atoms with E-state index >= 15 is 0 Å². The van der Waals surface area contributed by atoms with Gasteiger partial charge in [-0.25, -0.2) is 4.79 Å². The number of hydrogen-bond donors (Lipinski definition) is 4. The van der Waals surface area contributed by atoms with Gasteiger partial charge in [-0.2, -0.15) is 4.99 Å². The van der Waals surface area contributed by atoms with E-state index in [-0.39, 0.29) is 30.0 Å². The van der Waals surface area contributed by atoms with Crippen molar-refractivity contribution >= 4 is 46.4 Å². The van der Waals surface area contributed by atoms with Crippen molar-refractivity contribution in [3.05, 3.63) is 29.8 Å². The number of nitrogens with two attached hydrogens (primary N) is 1. The van der Waals surface area contributed by atoms with Gasteiger partial charge >= 0.3 is 5.97 Å². The first kappa shape index (κ1) is 18.5. The molecule has 132 valence electrons. The number of aliphatic imine (C=N–C) groups is 1. The number of carbonyl (C=O) groups excluding carboxylic acids is 3. The molecule has 9 nitrogen and oxygen atoms in total. The van der Waals surface area contributed by atoms with Crippen LogP contribution in [0.25, 0.3) is 0 Å². The largest absolute Gasteiger partial charge is 0.462 e. The van der Waals surface area contributed by atoms with E-state index in [4.69, 9.17) is 15.9 Å². The third-order valence-electron chi connectivity index (χ3n) is 3.05. The smallest absolute Gasteiger partial charge is 0.338 e. The fraction of sp³-hybridized carbons (Fsp3) is 0.267. The van der Waals surface area contributed by atoms with Crippen LogP contribution in [0.2, 0.25) is 0 Å². The van der Waals surface area contributed by atoms with Gasteiger partial charge in [-0.1, -0.05) is 11.8 Å². The fourth-order valence-electron chi connectivity index (χ4n) is 1.99. The molecule has 0 spiro atoms. The Kier molecular flexibility index (Phi) is 6.12. The maximum Gasteiger partial charge on any atom is 0.338 e. The predicted octanol–water partition coefficient (Wildman–Crippen LogP) is 0.673. The first-order chi connectivity index (χ1) is 11.9. The molecule has 1 aromatic rings.